The van der Waals surface area contributed by atoms with E-state index in [1.54, 1.807) is 11.3 Å². The fraction of sp³-hybridized carbons (Fsp3) is 0.167. The van der Waals surface area contributed by atoms with Crippen LogP contribution < -0.4 is 0 Å². The maximum Gasteiger partial charge on any atom is 0.231 e. The first-order valence-corrected chi connectivity index (χ1v) is 8.15. The van der Waals surface area contributed by atoms with Gasteiger partial charge in [-0.1, -0.05) is 18.2 Å². The van der Waals surface area contributed by atoms with Crippen LogP contribution in [0, 0.1) is 0 Å². The molecule has 3 aromatic rings. The van der Waals surface area contributed by atoms with Crippen molar-refractivity contribution >= 4 is 17.0 Å². The van der Waals surface area contributed by atoms with E-state index in [9.17, 15) is 0 Å². The van der Waals surface area contributed by atoms with Gasteiger partial charge in [0.05, 0.1) is 6.54 Å². The van der Waals surface area contributed by atoms with Gasteiger partial charge >= 0.3 is 0 Å². The summed E-state index contributed by atoms with van der Waals surface area (Å²) in [5.41, 5.74) is 6.58. The van der Waals surface area contributed by atoms with Crippen LogP contribution in [0.3, 0.4) is 0 Å². The van der Waals surface area contributed by atoms with E-state index in [2.05, 4.69) is 75.5 Å². The number of nitrogens with zero attached hydrogens (tertiary/aromatic N) is 2. The Morgan fingerprint density at radius 2 is 1.76 bits per heavy atom. The van der Waals surface area contributed by atoms with Gasteiger partial charge in [-0.05, 0) is 35.7 Å². The number of fused-ring (bicyclic) bond motifs is 1. The van der Waals surface area contributed by atoms with E-state index in [4.69, 9.17) is 0 Å². The zero-order valence-electron chi connectivity index (χ0n) is 12.0. The van der Waals surface area contributed by atoms with E-state index < -0.39 is 0 Å². The Balaban J connectivity index is 1.89. The zero-order valence-corrected chi connectivity index (χ0v) is 12.8. The second-order valence-corrected chi connectivity index (χ2v) is 6.18. The average Bonchev–Trinajstić information content (AvgIpc) is 3.16. The molecule has 0 spiro atoms. The predicted molar refractivity (Wildman–Crippen MR) is 88.4 cm³/mol. The number of hydrogen-bond acceptors (Lipinski definition) is 1. The highest BCUT2D eigenvalue weighted by Gasteiger charge is 2.26. The third kappa shape index (κ3) is 2.05. The van der Waals surface area contributed by atoms with E-state index in [-0.39, 0.29) is 0 Å². The molecule has 1 aromatic carbocycles. The van der Waals surface area contributed by atoms with Gasteiger partial charge in [0.25, 0.3) is 0 Å². The monoisotopic (exact) mass is 293 g/mol. The summed E-state index contributed by atoms with van der Waals surface area (Å²) in [5, 5.41) is 4.37. The molecule has 1 aliphatic heterocycles. The molecule has 0 N–H and O–H groups in total. The Labute approximate surface area is 128 Å². The minimum Gasteiger partial charge on any atom is -0.329 e. The molecule has 0 amide bonds. The number of aromatic nitrogens is 1. The number of rotatable bonds is 2. The summed E-state index contributed by atoms with van der Waals surface area (Å²) in [7, 11) is 2.18. The molecule has 1 aliphatic rings. The molecule has 21 heavy (non-hydrogen) atoms. The zero-order chi connectivity index (χ0) is 14.2. The summed E-state index contributed by atoms with van der Waals surface area (Å²) < 4.78 is 4.81. The fourth-order valence-electron chi connectivity index (χ4n) is 3.10. The molecule has 0 bridgehead atoms. The molecule has 2 aromatic heterocycles. The molecule has 3 heterocycles. The molecule has 0 saturated heterocycles. The second-order valence-electron chi connectivity index (χ2n) is 5.40. The van der Waals surface area contributed by atoms with Crippen LogP contribution in [0.4, 0.5) is 0 Å². The van der Waals surface area contributed by atoms with Crippen LogP contribution >= 0.6 is 11.3 Å². The van der Waals surface area contributed by atoms with Crippen LogP contribution in [0.5, 0.6) is 0 Å². The van der Waals surface area contributed by atoms with Crippen molar-refractivity contribution in [1.82, 2.24) is 4.57 Å². The fourth-order valence-corrected chi connectivity index (χ4v) is 3.75. The first-order valence-electron chi connectivity index (χ1n) is 7.20. The lowest BCUT2D eigenvalue weighted by molar-refractivity contribution is -0.500. The van der Waals surface area contributed by atoms with Gasteiger partial charge in [-0.15, -0.1) is 0 Å². The van der Waals surface area contributed by atoms with Crippen LogP contribution in [0.2, 0.25) is 0 Å². The summed E-state index contributed by atoms with van der Waals surface area (Å²) in [5.74, 6) is 0. The minimum absolute atomic E-state index is 1.04. The molecule has 0 radical (unpaired) electrons. The van der Waals surface area contributed by atoms with Crippen LogP contribution in [0.15, 0.2) is 59.3 Å². The molecule has 104 valence electrons. The molecule has 0 unspecified atom stereocenters. The summed E-state index contributed by atoms with van der Waals surface area (Å²) in [6, 6.07) is 17.4. The Morgan fingerprint density at radius 3 is 2.52 bits per heavy atom. The molecule has 2 nitrogen and oxygen atoms in total. The van der Waals surface area contributed by atoms with Crippen molar-refractivity contribution in [2.75, 3.05) is 13.6 Å². The lowest BCUT2D eigenvalue weighted by atomic mass is 10.1. The van der Waals surface area contributed by atoms with E-state index in [1.165, 1.54) is 28.2 Å². The van der Waals surface area contributed by atoms with Crippen molar-refractivity contribution in [2.45, 2.75) is 6.54 Å². The van der Waals surface area contributed by atoms with Gasteiger partial charge in [0.2, 0.25) is 5.71 Å². The number of thiophene rings is 1. The van der Waals surface area contributed by atoms with Gasteiger partial charge in [-0.3, -0.25) is 0 Å². The smallest absolute Gasteiger partial charge is 0.231 e. The van der Waals surface area contributed by atoms with Gasteiger partial charge < -0.3 is 4.57 Å². The molecule has 0 saturated carbocycles. The molecule has 3 heteroatoms. The number of hydrogen-bond donors (Lipinski definition) is 0. The Morgan fingerprint density at radius 1 is 0.952 bits per heavy atom. The van der Waals surface area contributed by atoms with Crippen molar-refractivity contribution in [3.63, 3.8) is 0 Å². The maximum atomic E-state index is 2.45. The third-order valence-electron chi connectivity index (χ3n) is 4.13. The van der Waals surface area contributed by atoms with Gasteiger partial charge in [0.1, 0.15) is 12.7 Å². The quantitative estimate of drug-likeness (QED) is 0.636. The van der Waals surface area contributed by atoms with Gasteiger partial charge in [0.15, 0.2) is 6.54 Å². The second kappa shape index (κ2) is 5.01. The minimum atomic E-state index is 1.04. The summed E-state index contributed by atoms with van der Waals surface area (Å²) in [4.78, 5) is 0. The molecular weight excluding hydrogens is 276 g/mol. The average molecular weight is 293 g/mol. The largest absolute Gasteiger partial charge is 0.329 e. The topological polar surface area (TPSA) is 7.94 Å². The molecule has 0 aliphatic carbocycles. The summed E-state index contributed by atoms with van der Waals surface area (Å²) >= 11 is 1.76. The lowest BCUT2D eigenvalue weighted by Crippen LogP contribution is -2.31. The van der Waals surface area contributed by atoms with Crippen LogP contribution in [0.25, 0.3) is 11.3 Å². The van der Waals surface area contributed by atoms with Crippen LogP contribution in [-0.4, -0.2) is 28.4 Å². The third-order valence-corrected chi connectivity index (χ3v) is 4.81. The van der Waals surface area contributed by atoms with Gasteiger partial charge in [-0.2, -0.15) is 11.3 Å². The highest BCUT2D eigenvalue weighted by Crippen LogP contribution is 2.27. The molecule has 4 rings (SSSR count). The Kier molecular flexibility index (Phi) is 3.00. The van der Waals surface area contributed by atoms with E-state index in [0.717, 1.165) is 13.1 Å². The highest BCUT2D eigenvalue weighted by atomic mass is 32.1. The normalized spacial score (nSPS) is 14.3. The lowest BCUT2D eigenvalue weighted by Gasteiger charge is -2.18. The van der Waals surface area contributed by atoms with E-state index in [1.807, 2.05) is 0 Å². The first kappa shape index (κ1) is 12.6. The predicted octanol–water partition coefficient (Wildman–Crippen LogP) is 3.71. The standard InChI is InChI=1S/C18H17N2S/c1-19-10-11-20-16(15-9-12-21-13-15)7-8-17(20)18(19)14-5-3-2-4-6-14/h2-9,12-13H,10-11H2,1H3/q+1. The number of benzene rings is 1. The summed E-state index contributed by atoms with van der Waals surface area (Å²) in [6.07, 6.45) is 0. The van der Waals surface area contributed by atoms with Crippen molar-refractivity contribution in [3.8, 4) is 11.3 Å². The first-order chi connectivity index (χ1) is 10.3. The highest BCUT2D eigenvalue weighted by molar-refractivity contribution is 7.08. The van der Waals surface area contributed by atoms with Crippen molar-refractivity contribution < 1.29 is 4.58 Å². The van der Waals surface area contributed by atoms with Crippen molar-refractivity contribution in [3.05, 3.63) is 70.5 Å². The van der Waals surface area contributed by atoms with Gasteiger partial charge in [0, 0.05) is 22.2 Å². The SMILES string of the molecule is C[N+]1=C(c2ccccc2)c2ccc(-c3ccsc3)n2CC1. The van der Waals surface area contributed by atoms with Crippen molar-refractivity contribution in [2.24, 2.45) is 0 Å². The number of likely N-dealkylation sites (N-methyl/N-ethyl adjacent to an activating group) is 1. The van der Waals surface area contributed by atoms with Gasteiger partial charge in [-0.25, -0.2) is 4.58 Å². The Bertz CT molecular complexity index is 795. The maximum absolute atomic E-state index is 2.45. The molecule has 0 fully saturated rings. The van der Waals surface area contributed by atoms with Crippen LogP contribution in [-0.2, 0) is 6.54 Å². The summed E-state index contributed by atoms with van der Waals surface area (Å²) in [6.45, 7) is 2.09. The van der Waals surface area contributed by atoms with Crippen LogP contribution in [0.1, 0.15) is 11.3 Å². The van der Waals surface area contributed by atoms with E-state index in [0.29, 0.717) is 0 Å². The molecular formula is C18H17N2S+. The Hall–Kier alpha value is -2.13. The van der Waals surface area contributed by atoms with E-state index >= 15 is 0 Å². The molecule has 0 atom stereocenters. The van der Waals surface area contributed by atoms with Crippen molar-refractivity contribution in [1.29, 1.82) is 0 Å².